The van der Waals surface area contributed by atoms with Gasteiger partial charge in [-0.3, -0.25) is 9.48 Å². The Hall–Kier alpha value is -2.63. The van der Waals surface area contributed by atoms with Crippen LogP contribution in [0.15, 0.2) is 30.5 Å². The van der Waals surface area contributed by atoms with Crippen LogP contribution in [0.25, 0.3) is 0 Å². The Labute approximate surface area is 116 Å². The minimum atomic E-state index is -1.05. The van der Waals surface area contributed by atoms with Crippen LogP contribution in [0, 0.1) is 6.92 Å². The Morgan fingerprint density at radius 3 is 2.65 bits per heavy atom. The zero-order valence-corrected chi connectivity index (χ0v) is 11.3. The molecule has 2 N–H and O–H groups in total. The van der Waals surface area contributed by atoms with E-state index in [4.69, 9.17) is 5.11 Å². The maximum Gasteiger partial charge on any atom is 0.335 e. The van der Waals surface area contributed by atoms with E-state index in [1.165, 1.54) is 12.1 Å². The lowest BCUT2D eigenvalue weighted by atomic mass is 10.1. The maximum atomic E-state index is 12.0. The molecule has 20 heavy (non-hydrogen) atoms. The number of aryl methyl sites for hydroxylation is 1. The van der Waals surface area contributed by atoms with E-state index in [1.807, 2.05) is 14.0 Å². The van der Waals surface area contributed by atoms with Crippen LogP contribution in [-0.2, 0) is 13.6 Å². The van der Waals surface area contributed by atoms with Crippen LogP contribution in [0.3, 0.4) is 0 Å². The van der Waals surface area contributed by atoms with E-state index in [2.05, 4.69) is 10.4 Å². The molecule has 0 aliphatic rings. The molecule has 1 aromatic carbocycles. The summed E-state index contributed by atoms with van der Waals surface area (Å²) in [7, 11) is 1.83. The van der Waals surface area contributed by atoms with Crippen LogP contribution in [0.5, 0.6) is 0 Å². The van der Waals surface area contributed by atoms with Crippen molar-refractivity contribution >= 4 is 11.9 Å². The largest absolute Gasteiger partial charge is 0.478 e. The third kappa shape index (κ3) is 2.85. The highest BCUT2D eigenvalue weighted by molar-refractivity contribution is 5.97. The van der Waals surface area contributed by atoms with E-state index in [-0.39, 0.29) is 11.5 Å². The number of nitrogens with zero attached hydrogens (tertiary/aromatic N) is 2. The second kappa shape index (κ2) is 5.56. The fourth-order valence-electron chi connectivity index (χ4n) is 1.79. The molecule has 104 valence electrons. The topological polar surface area (TPSA) is 84.2 Å². The van der Waals surface area contributed by atoms with Crippen molar-refractivity contribution in [2.75, 3.05) is 0 Å². The number of amides is 1. The van der Waals surface area contributed by atoms with Crippen LogP contribution in [0.4, 0.5) is 0 Å². The van der Waals surface area contributed by atoms with Gasteiger partial charge in [0.25, 0.3) is 5.91 Å². The molecule has 0 fully saturated rings. The number of rotatable bonds is 4. The van der Waals surface area contributed by atoms with Crippen LogP contribution < -0.4 is 5.32 Å². The van der Waals surface area contributed by atoms with Gasteiger partial charge >= 0.3 is 5.97 Å². The first-order valence-electron chi connectivity index (χ1n) is 6.08. The van der Waals surface area contributed by atoms with E-state index >= 15 is 0 Å². The molecule has 0 saturated carbocycles. The summed E-state index contributed by atoms with van der Waals surface area (Å²) >= 11 is 0. The molecule has 0 atom stereocenters. The smallest absolute Gasteiger partial charge is 0.335 e. The fourth-order valence-corrected chi connectivity index (χ4v) is 1.79. The molecule has 1 heterocycles. The molecule has 0 spiro atoms. The van der Waals surface area contributed by atoms with Crippen molar-refractivity contribution in [3.8, 4) is 0 Å². The normalized spacial score (nSPS) is 10.3. The van der Waals surface area contributed by atoms with E-state index < -0.39 is 5.97 Å². The zero-order valence-electron chi connectivity index (χ0n) is 11.3. The molecular formula is C14H15N3O3. The number of hydrogen-bond acceptors (Lipinski definition) is 3. The number of benzene rings is 1. The number of aromatic nitrogens is 2. The van der Waals surface area contributed by atoms with Crippen LogP contribution in [0.1, 0.15) is 32.0 Å². The molecule has 2 rings (SSSR count). The van der Waals surface area contributed by atoms with Gasteiger partial charge in [0.05, 0.1) is 11.8 Å². The average molecular weight is 273 g/mol. The summed E-state index contributed by atoms with van der Waals surface area (Å²) in [6.45, 7) is 2.27. The van der Waals surface area contributed by atoms with Crippen LogP contribution in [-0.4, -0.2) is 26.8 Å². The lowest BCUT2D eigenvalue weighted by Gasteiger charge is -2.05. The van der Waals surface area contributed by atoms with Gasteiger partial charge in [-0.15, -0.1) is 0 Å². The molecule has 2 aromatic rings. The second-order valence-electron chi connectivity index (χ2n) is 4.45. The standard InChI is InChI=1S/C14H15N3O3/c1-9-12(8-16-17(9)2)7-15-13(18)10-4-3-5-11(6-10)14(19)20/h3-6,8H,7H2,1-2H3,(H,15,18)(H,19,20). The van der Waals surface area contributed by atoms with Crippen molar-refractivity contribution in [3.05, 3.63) is 52.8 Å². The van der Waals surface area contributed by atoms with Gasteiger partial charge in [0.1, 0.15) is 0 Å². The molecule has 0 unspecified atom stereocenters. The number of carboxylic acids is 1. The summed E-state index contributed by atoms with van der Waals surface area (Å²) in [6, 6.07) is 5.93. The monoisotopic (exact) mass is 273 g/mol. The van der Waals surface area contributed by atoms with E-state index in [0.29, 0.717) is 12.1 Å². The summed E-state index contributed by atoms with van der Waals surface area (Å²) in [6.07, 6.45) is 1.70. The third-order valence-corrected chi connectivity index (χ3v) is 3.15. The summed E-state index contributed by atoms with van der Waals surface area (Å²) in [4.78, 5) is 22.8. The predicted octanol–water partition coefficient (Wildman–Crippen LogP) is 1.36. The van der Waals surface area contributed by atoms with Crippen molar-refractivity contribution < 1.29 is 14.7 Å². The van der Waals surface area contributed by atoms with Gasteiger partial charge in [-0.2, -0.15) is 5.10 Å². The number of carboxylic acid groups (broad SMARTS) is 1. The fraction of sp³-hybridized carbons (Fsp3) is 0.214. The van der Waals surface area contributed by atoms with E-state index in [9.17, 15) is 9.59 Å². The van der Waals surface area contributed by atoms with Gasteiger partial charge in [0.2, 0.25) is 0 Å². The highest BCUT2D eigenvalue weighted by Gasteiger charge is 2.10. The average Bonchev–Trinajstić information content (AvgIpc) is 2.76. The van der Waals surface area contributed by atoms with Crippen molar-refractivity contribution in [2.45, 2.75) is 13.5 Å². The molecule has 0 bridgehead atoms. The van der Waals surface area contributed by atoms with E-state index in [0.717, 1.165) is 11.3 Å². The van der Waals surface area contributed by atoms with Crippen molar-refractivity contribution in [2.24, 2.45) is 7.05 Å². The van der Waals surface area contributed by atoms with Gasteiger partial charge in [-0.1, -0.05) is 6.07 Å². The minimum absolute atomic E-state index is 0.0928. The Bertz CT molecular complexity index is 661. The molecule has 6 heteroatoms. The predicted molar refractivity (Wildman–Crippen MR) is 72.5 cm³/mol. The lowest BCUT2D eigenvalue weighted by Crippen LogP contribution is -2.23. The molecule has 0 aliphatic carbocycles. The van der Waals surface area contributed by atoms with Gasteiger partial charge in [-0.25, -0.2) is 4.79 Å². The first-order chi connectivity index (χ1) is 9.49. The first-order valence-corrected chi connectivity index (χ1v) is 6.08. The van der Waals surface area contributed by atoms with Crippen molar-refractivity contribution in [1.29, 1.82) is 0 Å². The second-order valence-corrected chi connectivity index (χ2v) is 4.45. The van der Waals surface area contributed by atoms with Gasteiger partial charge < -0.3 is 10.4 Å². The molecule has 0 radical (unpaired) electrons. The summed E-state index contributed by atoms with van der Waals surface area (Å²) in [5.74, 6) is -1.36. The summed E-state index contributed by atoms with van der Waals surface area (Å²) < 4.78 is 1.73. The Morgan fingerprint density at radius 2 is 2.05 bits per heavy atom. The molecule has 1 amide bonds. The van der Waals surface area contributed by atoms with Gasteiger partial charge in [0, 0.05) is 30.4 Å². The summed E-state index contributed by atoms with van der Waals surface area (Å²) in [5.41, 5.74) is 2.32. The van der Waals surface area contributed by atoms with E-state index in [1.54, 1.807) is 23.0 Å². The lowest BCUT2D eigenvalue weighted by molar-refractivity contribution is 0.0697. The molecular weight excluding hydrogens is 258 g/mol. The van der Waals surface area contributed by atoms with Gasteiger partial charge in [0.15, 0.2) is 0 Å². The SMILES string of the molecule is Cc1c(CNC(=O)c2cccc(C(=O)O)c2)cnn1C. The number of hydrogen-bond donors (Lipinski definition) is 2. The molecule has 6 nitrogen and oxygen atoms in total. The molecule has 0 saturated heterocycles. The minimum Gasteiger partial charge on any atom is -0.478 e. The third-order valence-electron chi connectivity index (χ3n) is 3.15. The van der Waals surface area contributed by atoms with Crippen LogP contribution >= 0.6 is 0 Å². The highest BCUT2D eigenvalue weighted by Crippen LogP contribution is 2.08. The maximum absolute atomic E-state index is 12.0. The Morgan fingerprint density at radius 1 is 1.35 bits per heavy atom. The Balaban J connectivity index is 2.07. The van der Waals surface area contributed by atoms with Crippen molar-refractivity contribution in [1.82, 2.24) is 15.1 Å². The number of nitrogens with one attached hydrogen (secondary N) is 1. The van der Waals surface area contributed by atoms with Crippen molar-refractivity contribution in [3.63, 3.8) is 0 Å². The molecule has 0 aliphatic heterocycles. The Kier molecular flexibility index (Phi) is 3.84. The quantitative estimate of drug-likeness (QED) is 0.880. The number of aromatic carboxylic acids is 1. The zero-order chi connectivity index (χ0) is 14.7. The van der Waals surface area contributed by atoms with Gasteiger partial charge in [-0.05, 0) is 25.1 Å². The highest BCUT2D eigenvalue weighted by atomic mass is 16.4. The number of carbonyl (C=O) groups excluding carboxylic acids is 1. The first kappa shape index (κ1) is 13.8. The van der Waals surface area contributed by atoms with Crippen LogP contribution in [0.2, 0.25) is 0 Å². The molecule has 1 aromatic heterocycles. The number of carbonyl (C=O) groups is 2. The summed E-state index contributed by atoms with van der Waals surface area (Å²) in [5, 5.41) is 15.7.